The van der Waals surface area contributed by atoms with Crippen LogP contribution in [-0.4, -0.2) is 64.5 Å². The number of ether oxygens (including phenoxy) is 2. The smallest absolute Gasteiger partial charge is 0.251 e. The molecule has 1 aliphatic rings. The van der Waals surface area contributed by atoms with Gasteiger partial charge in [0, 0.05) is 52.1 Å². The molecule has 1 fully saturated rings. The zero-order valence-corrected chi connectivity index (χ0v) is 17.5. The van der Waals surface area contributed by atoms with Crippen molar-refractivity contribution in [3.8, 4) is 0 Å². The maximum absolute atomic E-state index is 11.8. The predicted octanol–water partition coefficient (Wildman–Crippen LogP) is 2.92. The lowest BCUT2D eigenvalue weighted by molar-refractivity contribution is -0.0679. The molecule has 0 unspecified atom stereocenters. The Morgan fingerprint density at radius 1 is 1.21 bits per heavy atom. The zero-order chi connectivity index (χ0) is 20.6. The molecule has 6 heteroatoms. The molecule has 1 amide bonds. The van der Waals surface area contributed by atoms with Gasteiger partial charge in [0.25, 0.3) is 5.91 Å². The standard InChI is InChI=1S/C23H31N3O3/c1-24-23(27)19-9-11-20(12-10-19)25(2)16-22(18-7-5-4-6-8-18)26-14-13-21(15-26)29-17-28-3/h4-12,21-22H,13-17H2,1-3H3,(H,24,27)/t21-,22-/m0/s1. The van der Waals surface area contributed by atoms with Gasteiger partial charge in [-0.15, -0.1) is 0 Å². The van der Waals surface area contributed by atoms with Crippen molar-refractivity contribution in [1.82, 2.24) is 10.2 Å². The normalized spacial score (nSPS) is 17.8. The van der Waals surface area contributed by atoms with Gasteiger partial charge in [-0.05, 0) is 36.2 Å². The van der Waals surface area contributed by atoms with Gasteiger partial charge in [-0.1, -0.05) is 30.3 Å². The molecule has 0 bridgehead atoms. The van der Waals surface area contributed by atoms with Crippen molar-refractivity contribution in [2.24, 2.45) is 0 Å². The Morgan fingerprint density at radius 3 is 2.59 bits per heavy atom. The number of likely N-dealkylation sites (tertiary alicyclic amines) is 1. The van der Waals surface area contributed by atoms with Crippen LogP contribution in [0.1, 0.15) is 28.4 Å². The molecule has 0 spiro atoms. The Labute approximate surface area is 173 Å². The lowest BCUT2D eigenvalue weighted by Crippen LogP contribution is -2.36. The van der Waals surface area contributed by atoms with E-state index in [1.165, 1.54) is 5.56 Å². The van der Waals surface area contributed by atoms with E-state index in [2.05, 4.69) is 52.5 Å². The third kappa shape index (κ3) is 5.56. The number of amides is 1. The molecule has 29 heavy (non-hydrogen) atoms. The van der Waals surface area contributed by atoms with Gasteiger partial charge < -0.3 is 19.7 Å². The van der Waals surface area contributed by atoms with Gasteiger partial charge in [0.15, 0.2) is 0 Å². The van der Waals surface area contributed by atoms with Crippen molar-refractivity contribution in [1.29, 1.82) is 0 Å². The lowest BCUT2D eigenvalue weighted by atomic mass is 10.0. The number of rotatable bonds is 9. The van der Waals surface area contributed by atoms with Crippen LogP contribution in [0.4, 0.5) is 5.69 Å². The van der Waals surface area contributed by atoms with Gasteiger partial charge >= 0.3 is 0 Å². The van der Waals surface area contributed by atoms with Crippen molar-refractivity contribution in [2.75, 3.05) is 52.5 Å². The van der Waals surface area contributed by atoms with Crippen LogP contribution in [0.25, 0.3) is 0 Å². The third-order valence-electron chi connectivity index (χ3n) is 5.47. The second-order valence-corrected chi connectivity index (χ2v) is 7.41. The summed E-state index contributed by atoms with van der Waals surface area (Å²) in [6.45, 7) is 3.08. The summed E-state index contributed by atoms with van der Waals surface area (Å²) in [5, 5.41) is 2.66. The molecule has 1 aliphatic heterocycles. The first kappa shape index (κ1) is 21.3. The van der Waals surface area contributed by atoms with Gasteiger partial charge in [-0.25, -0.2) is 0 Å². The minimum Gasteiger partial charge on any atom is -0.373 e. The minimum absolute atomic E-state index is 0.0690. The Bertz CT molecular complexity index is 767. The van der Waals surface area contributed by atoms with Crippen LogP contribution in [0.3, 0.4) is 0 Å². The lowest BCUT2D eigenvalue weighted by Gasteiger charge is -2.33. The summed E-state index contributed by atoms with van der Waals surface area (Å²) in [6.07, 6.45) is 1.22. The summed E-state index contributed by atoms with van der Waals surface area (Å²) in [5.41, 5.74) is 3.06. The highest BCUT2D eigenvalue weighted by Crippen LogP contribution is 2.28. The number of carbonyl (C=O) groups is 1. The highest BCUT2D eigenvalue weighted by atomic mass is 16.7. The fourth-order valence-corrected chi connectivity index (χ4v) is 3.82. The van der Waals surface area contributed by atoms with E-state index in [1.807, 2.05) is 24.3 Å². The van der Waals surface area contributed by atoms with Crippen LogP contribution in [-0.2, 0) is 9.47 Å². The van der Waals surface area contributed by atoms with E-state index in [0.717, 1.165) is 31.7 Å². The maximum Gasteiger partial charge on any atom is 0.251 e. The first-order valence-corrected chi connectivity index (χ1v) is 10.0. The summed E-state index contributed by atoms with van der Waals surface area (Å²) in [5.74, 6) is -0.0690. The molecule has 1 heterocycles. The largest absolute Gasteiger partial charge is 0.373 e. The Balaban J connectivity index is 1.72. The fraction of sp³-hybridized carbons (Fsp3) is 0.435. The Morgan fingerprint density at radius 2 is 1.93 bits per heavy atom. The number of hydrogen-bond acceptors (Lipinski definition) is 5. The maximum atomic E-state index is 11.8. The van der Waals surface area contributed by atoms with Crippen molar-refractivity contribution >= 4 is 11.6 Å². The first-order chi connectivity index (χ1) is 14.1. The number of nitrogens with zero attached hydrogens (tertiary/aromatic N) is 2. The van der Waals surface area contributed by atoms with Crippen LogP contribution < -0.4 is 10.2 Å². The van der Waals surface area contributed by atoms with Gasteiger partial charge in [-0.2, -0.15) is 0 Å². The van der Waals surface area contributed by atoms with Crippen molar-refractivity contribution in [3.05, 3.63) is 65.7 Å². The van der Waals surface area contributed by atoms with E-state index >= 15 is 0 Å². The summed E-state index contributed by atoms with van der Waals surface area (Å²) in [6, 6.07) is 18.6. The van der Waals surface area contributed by atoms with Crippen LogP contribution in [0.5, 0.6) is 0 Å². The second-order valence-electron chi connectivity index (χ2n) is 7.41. The molecule has 0 saturated carbocycles. The fourth-order valence-electron chi connectivity index (χ4n) is 3.82. The van der Waals surface area contributed by atoms with Crippen molar-refractivity contribution in [3.63, 3.8) is 0 Å². The number of nitrogens with one attached hydrogen (secondary N) is 1. The van der Waals surface area contributed by atoms with E-state index in [-0.39, 0.29) is 18.1 Å². The van der Waals surface area contributed by atoms with E-state index in [9.17, 15) is 4.79 Å². The average Bonchev–Trinajstić information content (AvgIpc) is 3.24. The van der Waals surface area contributed by atoms with E-state index in [1.54, 1.807) is 14.2 Å². The summed E-state index contributed by atoms with van der Waals surface area (Å²) >= 11 is 0. The molecule has 3 rings (SSSR count). The van der Waals surface area contributed by atoms with Crippen LogP contribution >= 0.6 is 0 Å². The third-order valence-corrected chi connectivity index (χ3v) is 5.47. The molecular weight excluding hydrogens is 366 g/mol. The number of anilines is 1. The van der Waals surface area contributed by atoms with E-state index in [4.69, 9.17) is 9.47 Å². The van der Waals surface area contributed by atoms with Crippen LogP contribution in [0, 0.1) is 0 Å². The molecular formula is C23H31N3O3. The molecule has 0 aliphatic carbocycles. The summed E-state index contributed by atoms with van der Waals surface area (Å²) in [7, 11) is 5.40. The first-order valence-electron chi connectivity index (χ1n) is 10.0. The number of benzene rings is 2. The molecule has 0 radical (unpaired) electrons. The average molecular weight is 398 g/mol. The molecule has 1 saturated heterocycles. The highest BCUT2D eigenvalue weighted by Gasteiger charge is 2.30. The van der Waals surface area contributed by atoms with E-state index in [0.29, 0.717) is 12.4 Å². The molecule has 2 atom stereocenters. The molecule has 2 aromatic rings. The quantitative estimate of drug-likeness (QED) is 0.660. The Kier molecular flexibility index (Phi) is 7.63. The SMILES string of the molecule is CNC(=O)c1ccc(N(C)C[C@@H](c2ccccc2)N2CC[C@H](OCOC)C2)cc1. The van der Waals surface area contributed by atoms with Crippen LogP contribution in [0.15, 0.2) is 54.6 Å². The zero-order valence-electron chi connectivity index (χ0n) is 17.5. The van der Waals surface area contributed by atoms with Gasteiger partial charge in [0.1, 0.15) is 6.79 Å². The topological polar surface area (TPSA) is 54.0 Å². The van der Waals surface area contributed by atoms with Gasteiger partial charge in [0.2, 0.25) is 0 Å². The second kappa shape index (κ2) is 10.4. The predicted molar refractivity (Wildman–Crippen MR) is 115 cm³/mol. The van der Waals surface area contributed by atoms with Crippen molar-refractivity contribution in [2.45, 2.75) is 18.6 Å². The van der Waals surface area contributed by atoms with Gasteiger partial charge in [-0.3, -0.25) is 9.69 Å². The summed E-state index contributed by atoms with van der Waals surface area (Å²) in [4.78, 5) is 16.5. The number of likely N-dealkylation sites (N-methyl/N-ethyl adjacent to an activating group) is 1. The monoisotopic (exact) mass is 397 g/mol. The summed E-state index contributed by atoms with van der Waals surface area (Å²) < 4.78 is 10.9. The van der Waals surface area contributed by atoms with Crippen LogP contribution in [0.2, 0.25) is 0 Å². The van der Waals surface area contributed by atoms with E-state index < -0.39 is 0 Å². The van der Waals surface area contributed by atoms with Crippen molar-refractivity contribution < 1.29 is 14.3 Å². The number of hydrogen-bond donors (Lipinski definition) is 1. The molecule has 0 aromatic heterocycles. The van der Waals surface area contributed by atoms with Gasteiger partial charge in [0.05, 0.1) is 12.1 Å². The molecule has 156 valence electrons. The Hall–Kier alpha value is -2.41. The molecule has 1 N–H and O–H groups in total. The number of carbonyl (C=O) groups excluding carboxylic acids is 1. The minimum atomic E-state index is -0.0690. The molecule has 6 nitrogen and oxygen atoms in total. The molecule has 2 aromatic carbocycles. The highest BCUT2D eigenvalue weighted by molar-refractivity contribution is 5.94. The number of methoxy groups -OCH3 is 1.